The lowest BCUT2D eigenvalue weighted by molar-refractivity contribution is -0.118. The summed E-state index contributed by atoms with van der Waals surface area (Å²) in [7, 11) is 1.27. The molecule has 0 radical (unpaired) electrons. The molecule has 0 fully saturated rings. The fraction of sp³-hybridized carbons (Fsp3) is 0.278. The van der Waals surface area contributed by atoms with Gasteiger partial charge in [0, 0.05) is 0 Å². The number of methoxy groups -OCH3 is 1. The first-order chi connectivity index (χ1) is 11.9. The fourth-order valence-corrected chi connectivity index (χ4v) is 3.23. The Balaban J connectivity index is 2.08. The maximum atomic E-state index is 12.1. The van der Waals surface area contributed by atoms with E-state index < -0.39 is 11.9 Å². The summed E-state index contributed by atoms with van der Waals surface area (Å²) in [6.45, 7) is 5.40. The Bertz CT molecular complexity index is 865. The van der Waals surface area contributed by atoms with Crippen LogP contribution in [0.1, 0.15) is 31.9 Å². The van der Waals surface area contributed by atoms with Gasteiger partial charge in [-0.1, -0.05) is 6.07 Å². The van der Waals surface area contributed by atoms with E-state index in [2.05, 4.69) is 10.1 Å². The van der Waals surface area contributed by atoms with E-state index in [9.17, 15) is 14.9 Å². The highest BCUT2D eigenvalue weighted by atomic mass is 32.1. The van der Waals surface area contributed by atoms with Crippen LogP contribution in [-0.2, 0) is 9.53 Å². The van der Waals surface area contributed by atoms with Gasteiger partial charge >= 0.3 is 5.97 Å². The number of anilines is 1. The maximum Gasteiger partial charge on any atom is 0.348 e. The number of ether oxygens (including phenoxy) is 2. The third-order valence-electron chi connectivity index (χ3n) is 3.73. The van der Waals surface area contributed by atoms with Crippen molar-refractivity contribution in [2.24, 2.45) is 0 Å². The molecule has 0 aliphatic heterocycles. The molecule has 0 saturated heterocycles. The summed E-state index contributed by atoms with van der Waals surface area (Å²) in [6, 6.07) is 7.57. The van der Waals surface area contributed by atoms with Crippen molar-refractivity contribution in [1.82, 2.24) is 0 Å². The van der Waals surface area contributed by atoms with Crippen molar-refractivity contribution in [3.63, 3.8) is 0 Å². The number of carbonyl (C=O) groups is 2. The summed E-state index contributed by atoms with van der Waals surface area (Å²) < 4.78 is 10.2. The number of nitrogens with zero attached hydrogens (tertiary/aromatic N) is 1. The van der Waals surface area contributed by atoms with Crippen LogP contribution in [0.4, 0.5) is 5.00 Å². The van der Waals surface area contributed by atoms with Gasteiger partial charge < -0.3 is 14.8 Å². The molecule has 0 bridgehead atoms. The number of thiophene rings is 1. The van der Waals surface area contributed by atoms with Gasteiger partial charge in [0.05, 0.1) is 12.7 Å². The van der Waals surface area contributed by atoms with Crippen LogP contribution in [-0.4, -0.2) is 25.6 Å². The third-order valence-corrected chi connectivity index (χ3v) is 4.92. The minimum atomic E-state index is -0.536. The van der Waals surface area contributed by atoms with Crippen LogP contribution in [0.3, 0.4) is 0 Å². The molecular formula is C18H18N2O4S. The number of esters is 1. The Kier molecular flexibility index (Phi) is 5.78. The second-order valence-electron chi connectivity index (χ2n) is 5.45. The zero-order chi connectivity index (χ0) is 18.6. The van der Waals surface area contributed by atoms with Gasteiger partial charge in [0.15, 0.2) is 6.61 Å². The smallest absolute Gasteiger partial charge is 0.348 e. The molecule has 130 valence electrons. The van der Waals surface area contributed by atoms with Crippen molar-refractivity contribution < 1.29 is 19.1 Å². The molecule has 1 aromatic heterocycles. The first-order valence-corrected chi connectivity index (χ1v) is 8.30. The lowest BCUT2D eigenvalue weighted by Crippen LogP contribution is -2.20. The minimum absolute atomic E-state index is 0.197. The molecule has 1 amide bonds. The second-order valence-corrected chi connectivity index (χ2v) is 6.47. The van der Waals surface area contributed by atoms with E-state index in [1.165, 1.54) is 7.11 Å². The molecule has 0 saturated carbocycles. The minimum Gasteiger partial charge on any atom is -0.484 e. The Hall–Kier alpha value is -2.85. The third kappa shape index (κ3) is 4.17. The molecule has 0 aliphatic rings. The first-order valence-electron chi connectivity index (χ1n) is 7.49. The molecule has 0 atom stereocenters. The Labute approximate surface area is 150 Å². The predicted molar refractivity (Wildman–Crippen MR) is 95.2 cm³/mol. The summed E-state index contributed by atoms with van der Waals surface area (Å²) in [5.74, 6) is -0.352. The molecule has 1 heterocycles. The van der Waals surface area contributed by atoms with Crippen molar-refractivity contribution in [2.75, 3.05) is 19.0 Å². The molecule has 2 aromatic rings. The number of hydrogen-bond acceptors (Lipinski definition) is 6. The quantitative estimate of drug-likeness (QED) is 0.828. The van der Waals surface area contributed by atoms with Gasteiger partial charge in [-0.2, -0.15) is 5.26 Å². The molecule has 1 aromatic carbocycles. The van der Waals surface area contributed by atoms with Crippen LogP contribution in [0.2, 0.25) is 0 Å². The van der Waals surface area contributed by atoms with Gasteiger partial charge in [-0.05, 0) is 49.6 Å². The summed E-state index contributed by atoms with van der Waals surface area (Å²) in [4.78, 5) is 24.1. The number of aryl methyl sites for hydroxylation is 2. The molecule has 0 aliphatic carbocycles. The van der Waals surface area contributed by atoms with Gasteiger partial charge in [-0.15, -0.1) is 11.3 Å². The predicted octanol–water partition coefficient (Wildman–Crippen LogP) is 3.35. The average molecular weight is 358 g/mol. The molecule has 7 heteroatoms. The molecule has 6 nitrogen and oxygen atoms in total. The summed E-state index contributed by atoms with van der Waals surface area (Å²) in [6.07, 6.45) is 0. The standard InChI is InChI=1S/C18H18N2O4S/c1-10-5-6-13(7-11(10)2)24-9-15(21)20-17-14(8-19)12(3)16(25-17)18(22)23-4/h5-7H,9H2,1-4H3,(H,20,21). The van der Waals surface area contributed by atoms with E-state index in [0.29, 0.717) is 21.2 Å². The number of hydrogen-bond donors (Lipinski definition) is 1. The highest BCUT2D eigenvalue weighted by molar-refractivity contribution is 7.18. The molecule has 0 spiro atoms. The van der Waals surface area contributed by atoms with Crippen molar-refractivity contribution in [2.45, 2.75) is 20.8 Å². The topological polar surface area (TPSA) is 88.4 Å². The van der Waals surface area contributed by atoms with Gasteiger partial charge in [0.1, 0.15) is 21.7 Å². The molecule has 1 N–H and O–H groups in total. The zero-order valence-electron chi connectivity index (χ0n) is 14.4. The van der Waals surface area contributed by atoms with Crippen LogP contribution < -0.4 is 10.1 Å². The molecule has 2 rings (SSSR count). The number of nitriles is 1. The largest absolute Gasteiger partial charge is 0.484 e. The van der Waals surface area contributed by atoms with E-state index in [-0.39, 0.29) is 12.2 Å². The van der Waals surface area contributed by atoms with Crippen molar-refractivity contribution >= 4 is 28.2 Å². The monoisotopic (exact) mass is 358 g/mol. The highest BCUT2D eigenvalue weighted by Crippen LogP contribution is 2.32. The van der Waals surface area contributed by atoms with Gasteiger partial charge in [0.2, 0.25) is 0 Å². The van der Waals surface area contributed by atoms with E-state index in [4.69, 9.17) is 4.74 Å². The summed E-state index contributed by atoms with van der Waals surface area (Å²) in [5, 5.41) is 12.2. The average Bonchev–Trinajstić information content (AvgIpc) is 2.90. The van der Waals surface area contributed by atoms with Crippen molar-refractivity contribution in [3.8, 4) is 11.8 Å². The second kappa shape index (κ2) is 7.81. The maximum absolute atomic E-state index is 12.1. The van der Waals surface area contributed by atoms with Crippen LogP contribution in [0.25, 0.3) is 0 Å². The molecular weight excluding hydrogens is 340 g/mol. The van der Waals surface area contributed by atoms with Crippen LogP contribution in [0, 0.1) is 32.1 Å². The summed E-state index contributed by atoms with van der Waals surface area (Å²) in [5.41, 5.74) is 2.95. The SMILES string of the molecule is COC(=O)c1sc(NC(=O)COc2ccc(C)c(C)c2)c(C#N)c1C. The van der Waals surface area contributed by atoms with Gasteiger partial charge in [0.25, 0.3) is 5.91 Å². The van der Waals surface area contributed by atoms with E-state index in [1.807, 2.05) is 32.0 Å². The Morgan fingerprint density at radius 3 is 2.56 bits per heavy atom. The normalized spacial score (nSPS) is 10.0. The van der Waals surface area contributed by atoms with Crippen molar-refractivity contribution in [3.05, 3.63) is 45.3 Å². The number of nitrogens with one attached hydrogen (secondary N) is 1. The fourth-order valence-electron chi connectivity index (χ4n) is 2.14. The van der Waals surface area contributed by atoms with Gasteiger partial charge in [-0.3, -0.25) is 4.79 Å². The van der Waals surface area contributed by atoms with Crippen LogP contribution in [0.15, 0.2) is 18.2 Å². The lowest BCUT2D eigenvalue weighted by Gasteiger charge is -2.08. The van der Waals surface area contributed by atoms with E-state index in [1.54, 1.807) is 13.0 Å². The zero-order valence-corrected chi connectivity index (χ0v) is 15.2. The highest BCUT2D eigenvalue weighted by Gasteiger charge is 2.21. The number of amides is 1. The first kappa shape index (κ1) is 18.5. The van der Waals surface area contributed by atoms with Crippen LogP contribution in [0.5, 0.6) is 5.75 Å². The van der Waals surface area contributed by atoms with Gasteiger partial charge in [-0.25, -0.2) is 4.79 Å². The Morgan fingerprint density at radius 1 is 1.24 bits per heavy atom. The molecule has 25 heavy (non-hydrogen) atoms. The molecule has 0 unspecified atom stereocenters. The number of rotatable bonds is 5. The van der Waals surface area contributed by atoms with Crippen LogP contribution >= 0.6 is 11.3 Å². The summed E-state index contributed by atoms with van der Waals surface area (Å²) >= 11 is 1.01. The number of benzene rings is 1. The van der Waals surface area contributed by atoms with E-state index >= 15 is 0 Å². The lowest BCUT2D eigenvalue weighted by atomic mass is 10.1. The van der Waals surface area contributed by atoms with E-state index in [0.717, 1.165) is 22.5 Å². The van der Waals surface area contributed by atoms with Crippen molar-refractivity contribution in [1.29, 1.82) is 5.26 Å². The number of carbonyl (C=O) groups excluding carboxylic acids is 2. The Morgan fingerprint density at radius 2 is 1.96 bits per heavy atom.